The van der Waals surface area contributed by atoms with E-state index in [1.807, 2.05) is 45.0 Å². The number of hydrogen-bond acceptors (Lipinski definition) is 2. The number of carbonyl (C=O) groups excluding carboxylic acids is 2. The molecule has 21 heavy (non-hydrogen) atoms. The maximum absolute atomic E-state index is 11.8. The SMILES string of the molecule is CCC(C)NC(=O)CCN(Cc1ccc(C)cc1)C(C)=O. The van der Waals surface area contributed by atoms with Crippen LogP contribution in [0.15, 0.2) is 24.3 Å². The molecule has 1 aromatic carbocycles. The normalized spacial score (nSPS) is 11.8. The Hall–Kier alpha value is -1.84. The standard InChI is InChI=1S/C17H26N2O2/c1-5-14(3)18-17(21)10-11-19(15(4)20)12-16-8-6-13(2)7-9-16/h6-9,14H,5,10-12H2,1-4H3,(H,18,21). The van der Waals surface area contributed by atoms with Gasteiger partial charge in [0.25, 0.3) is 0 Å². The molecule has 1 atom stereocenters. The van der Waals surface area contributed by atoms with E-state index >= 15 is 0 Å². The van der Waals surface area contributed by atoms with Gasteiger partial charge in [-0.1, -0.05) is 36.8 Å². The second-order valence-corrected chi connectivity index (χ2v) is 5.55. The summed E-state index contributed by atoms with van der Waals surface area (Å²) in [7, 11) is 0. The molecule has 0 radical (unpaired) electrons. The summed E-state index contributed by atoms with van der Waals surface area (Å²) in [6, 6.07) is 8.28. The molecule has 0 heterocycles. The van der Waals surface area contributed by atoms with Crippen LogP contribution in [-0.4, -0.2) is 29.3 Å². The van der Waals surface area contributed by atoms with Gasteiger partial charge in [0.15, 0.2) is 0 Å². The highest BCUT2D eigenvalue weighted by molar-refractivity contribution is 5.78. The Morgan fingerprint density at radius 2 is 1.86 bits per heavy atom. The van der Waals surface area contributed by atoms with Crippen molar-refractivity contribution in [2.75, 3.05) is 6.54 Å². The Morgan fingerprint density at radius 1 is 1.24 bits per heavy atom. The molecule has 0 aliphatic carbocycles. The Balaban J connectivity index is 2.52. The summed E-state index contributed by atoms with van der Waals surface area (Å²) >= 11 is 0. The topological polar surface area (TPSA) is 49.4 Å². The third kappa shape index (κ3) is 6.43. The fourth-order valence-electron chi connectivity index (χ4n) is 1.95. The first kappa shape index (κ1) is 17.2. The summed E-state index contributed by atoms with van der Waals surface area (Å²) in [5, 5.41) is 2.92. The Labute approximate surface area is 127 Å². The van der Waals surface area contributed by atoms with Gasteiger partial charge >= 0.3 is 0 Å². The Morgan fingerprint density at radius 3 is 2.38 bits per heavy atom. The van der Waals surface area contributed by atoms with Gasteiger partial charge < -0.3 is 10.2 Å². The molecular weight excluding hydrogens is 264 g/mol. The van der Waals surface area contributed by atoms with Crippen LogP contribution in [0.25, 0.3) is 0 Å². The second kappa shape index (κ2) is 8.45. The molecule has 0 saturated carbocycles. The second-order valence-electron chi connectivity index (χ2n) is 5.55. The van der Waals surface area contributed by atoms with Crippen molar-refractivity contribution in [3.63, 3.8) is 0 Å². The largest absolute Gasteiger partial charge is 0.354 e. The molecule has 0 spiro atoms. The average Bonchev–Trinajstić information content (AvgIpc) is 2.44. The summed E-state index contributed by atoms with van der Waals surface area (Å²) in [5.41, 5.74) is 2.28. The molecule has 0 aliphatic heterocycles. The highest BCUT2D eigenvalue weighted by Crippen LogP contribution is 2.08. The zero-order valence-electron chi connectivity index (χ0n) is 13.5. The lowest BCUT2D eigenvalue weighted by atomic mass is 10.1. The van der Waals surface area contributed by atoms with Crippen LogP contribution in [0.5, 0.6) is 0 Å². The Kier molecular flexibility index (Phi) is 6.92. The summed E-state index contributed by atoms with van der Waals surface area (Å²) in [5.74, 6) is -0.00794. The highest BCUT2D eigenvalue weighted by atomic mass is 16.2. The van der Waals surface area contributed by atoms with Crippen molar-refractivity contribution in [3.05, 3.63) is 35.4 Å². The number of nitrogens with zero attached hydrogens (tertiary/aromatic N) is 1. The van der Waals surface area contributed by atoms with Gasteiger partial charge in [-0.05, 0) is 25.8 Å². The number of hydrogen-bond donors (Lipinski definition) is 1. The molecule has 0 saturated heterocycles. The van der Waals surface area contributed by atoms with Gasteiger partial charge in [-0.15, -0.1) is 0 Å². The van der Waals surface area contributed by atoms with E-state index in [1.165, 1.54) is 5.56 Å². The van der Waals surface area contributed by atoms with Crippen molar-refractivity contribution >= 4 is 11.8 Å². The predicted molar refractivity (Wildman–Crippen MR) is 84.8 cm³/mol. The minimum absolute atomic E-state index is 0.000457. The van der Waals surface area contributed by atoms with Gasteiger partial charge in [0.05, 0.1) is 0 Å². The number of carbonyl (C=O) groups is 2. The molecule has 2 amide bonds. The van der Waals surface area contributed by atoms with Crippen molar-refractivity contribution in [1.29, 1.82) is 0 Å². The summed E-state index contributed by atoms with van der Waals surface area (Å²) < 4.78 is 0. The molecular formula is C17H26N2O2. The van der Waals surface area contributed by atoms with Crippen LogP contribution in [0.2, 0.25) is 0 Å². The van der Waals surface area contributed by atoms with Crippen molar-refractivity contribution in [2.45, 2.75) is 53.1 Å². The van der Waals surface area contributed by atoms with Crippen LogP contribution in [0.3, 0.4) is 0 Å². The van der Waals surface area contributed by atoms with Gasteiger partial charge in [0.2, 0.25) is 11.8 Å². The fraction of sp³-hybridized carbons (Fsp3) is 0.529. The highest BCUT2D eigenvalue weighted by Gasteiger charge is 2.12. The lowest BCUT2D eigenvalue weighted by Crippen LogP contribution is -2.36. The maximum atomic E-state index is 11.8. The van der Waals surface area contributed by atoms with Gasteiger partial charge in [-0.2, -0.15) is 0 Å². The summed E-state index contributed by atoms with van der Waals surface area (Å²) in [6.45, 7) is 8.58. The molecule has 116 valence electrons. The molecule has 4 nitrogen and oxygen atoms in total. The minimum atomic E-state index is -0.00749. The number of benzene rings is 1. The summed E-state index contributed by atoms with van der Waals surface area (Å²) in [6.07, 6.45) is 1.25. The number of amides is 2. The van der Waals surface area contributed by atoms with Crippen LogP contribution in [0.1, 0.15) is 44.7 Å². The first-order valence-corrected chi connectivity index (χ1v) is 7.52. The molecule has 1 aromatic rings. The van der Waals surface area contributed by atoms with Crippen molar-refractivity contribution in [3.8, 4) is 0 Å². The van der Waals surface area contributed by atoms with Crippen molar-refractivity contribution in [2.24, 2.45) is 0 Å². The van der Waals surface area contributed by atoms with E-state index in [4.69, 9.17) is 0 Å². The van der Waals surface area contributed by atoms with E-state index in [0.29, 0.717) is 19.5 Å². The number of rotatable bonds is 7. The third-order valence-corrected chi connectivity index (χ3v) is 3.57. The number of nitrogens with one attached hydrogen (secondary N) is 1. The van der Waals surface area contributed by atoms with Gasteiger partial charge in [-0.3, -0.25) is 9.59 Å². The Bertz CT molecular complexity index is 468. The third-order valence-electron chi connectivity index (χ3n) is 3.57. The molecule has 4 heteroatoms. The molecule has 0 bridgehead atoms. The van der Waals surface area contributed by atoms with E-state index in [0.717, 1.165) is 12.0 Å². The van der Waals surface area contributed by atoms with Crippen molar-refractivity contribution in [1.82, 2.24) is 10.2 Å². The molecule has 0 fully saturated rings. The van der Waals surface area contributed by atoms with Crippen LogP contribution < -0.4 is 5.32 Å². The first-order chi connectivity index (χ1) is 9.92. The lowest BCUT2D eigenvalue weighted by molar-refractivity contribution is -0.130. The molecule has 1 N–H and O–H groups in total. The monoisotopic (exact) mass is 290 g/mol. The first-order valence-electron chi connectivity index (χ1n) is 7.52. The average molecular weight is 290 g/mol. The van der Waals surface area contributed by atoms with E-state index in [1.54, 1.807) is 11.8 Å². The maximum Gasteiger partial charge on any atom is 0.221 e. The van der Waals surface area contributed by atoms with E-state index in [-0.39, 0.29) is 17.9 Å². The van der Waals surface area contributed by atoms with Crippen LogP contribution >= 0.6 is 0 Å². The van der Waals surface area contributed by atoms with Crippen LogP contribution in [0.4, 0.5) is 0 Å². The minimum Gasteiger partial charge on any atom is -0.354 e. The molecule has 0 aromatic heterocycles. The zero-order chi connectivity index (χ0) is 15.8. The van der Waals surface area contributed by atoms with Crippen molar-refractivity contribution < 1.29 is 9.59 Å². The van der Waals surface area contributed by atoms with E-state index < -0.39 is 0 Å². The molecule has 0 aliphatic rings. The van der Waals surface area contributed by atoms with Gasteiger partial charge in [-0.25, -0.2) is 0 Å². The van der Waals surface area contributed by atoms with E-state index in [9.17, 15) is 9.59 Å². The van der Waals surface area contributed by atoms with E-state index in [2.05, 4.69) is 5.32 Å². The quantitative estimate of drug-likeness (QED) is 0.839. The lowest BCUT2D eigenvalue weighted by Gasteiger charge is -2.21. The van der Waals surface area contributed by atoms with Crippen LogP contribution in [0, 0.1) is 6.92 Å². The molecule has 1 unspecified atom stereocenters. The van der Waals surface area contributed by atoms with Gasteiger partial charge in [0.1, 0.15) is 0 Å². The summed E-state index contributed by atoms with van der Waals surface area (Å²) in [4.78, 5) is 25.2. The number of aryl methyl sites for hydroxylation is 1. The fourth-order valence-corrected chi connectivity index (χ4v) is 1.95. The smallest absolute Gasteiger partial charge is 0.221 e. The zero-order valence-corrected chi connectivity index (χ0v) is 13.5. The molecule has 1 rings (SSSR count). The van der Waals surface area contributed by atoms with Gasteiger partial charge in [0, 0.05) is 32.5 Å². The predicted octanol–water partition coefficient (Wildman–Crippen LogP) is 2.65. The van der Waals surface area contributed by atoms with Crippen LogP contribution in [-0.2, 0) is 16.1 Å².